The lowest BCUT2D eigenvalue weighted by Gasteiger charge is -2.24. The Labute approximate surface area is 147 Å². The van der Waals surface area contributed by atoms with Crippen LogP contribution in [0.2, 0.25) is 0 Å². The molecule has 0 amide bonds. The molecule has 24 heavy (non-hydrogen) atoms. The first kappa shape index (κ1) is 18.9. The van der Waals surface area contributed by atoms with Crippen molar-refractivity contribution in [2.75, 3.05) is 0 Å². The summed E-state index contributed by atoms with van der Waals surface area (Å²) in [5.41, 5.74) is 0.703. The highest BCUT2D eigenvalue weighted by molar-refractivity contribution is 5.84. The molecule has 132 valence electrons. The SMILES string of the molecule is CCC1C=CCC(CC(=O)C(O)c2ccccc2)CC(C)CC1C. The summed E-state index contributed by atoms with van der Waals surface area (Å²) >= 11 is 0. The van der Waals surface area contributed by atoms with Crippen LogP contribution in [0.1, 0.15) is 64.5 Å². The van der Waals surface area contributed by atoms with Gasteiger partial charge in [-0.05, 0) is 54.9 Å². The molecule has 0 heterocycles. The second-order valence-corrected chi connectivity index (χ2v) is 7.64. The van der Waals surface area contributed by atoms with Gasteiger partial charge >= 0.3 is 0 Å². The number of ketones is 1. The van der Waals surface area contributed by atoms with Crippen LogP contribution in [0.3, 0.4) is 0 Å². The zero-order valence-corrected chi connectivity index (χ0v) is 15.3. The summed E-state index contributed by atoms with van der Waals surface area (Å²) in [6.45, 7) is 6.91. The van der Waals surface area contributed by atoms with Gasteiger partial charge in [-0.25, -0.2) is 0 Å². The van der Waals surface area contributed by atoms with Gasteiger partial charge in [0.1, 0.15) is 6.10 Å². The van der Waals surface area contributed by atoms with Gasteiger partial charge in [0.05, 0.1) is 0 Å². The molecule has 1 aliphatic rings. The minimum absolute atomic E-state index is 0.0499. The smallest absolute Gasteiger partial charge is 0.166 e. The lowest BCUT2D eigenvalue weighted by atomic mass is 9.82. The van der Waals surface area contributed by atoms with E-state index in [1.807, 2.05) is 30.3 Å². The third kappa shape index (κ3) is 5.31. The fourth-order valence-electron chi connectivity index (χ4n) is 4.13. The normalized spacial score (nSPS) is 29.3. The number of carbonyl (C=O) groups excluding carboxylic acids is 1. The van der Waals surface area contributed by atoms with Crippen molar-refractivity contribution in [2.24, 2.45) is 23.7 Å². The topological polar surface area (TPSA) is 37.3 Å². The van der Waals surface area contributed by atoms with Crippen molar-refractivity contribution in [1.29, 1.82) is 0 Å². The van der Waals surface area contributed by atoms with Crippen LogP contribution >= 0.6 is 0 Å². The maximum Gasteiger partial charge on any atom is 0.166 e. The molecular formula is C22H32O2. The zero-order chi connectivity index (χ0) is 17.5. The Morgan fingerprint density at radius 1 is 1.21 bits per heavy atom. The Bertz CT molecular complexity index is 534. The first-order chi connectivity index (χ1) is 11.5. The van der Waals surface area contributed by atoms with Crippen LogP contribution in [0.5, 0.6) is 0 Å². The van der Waals surface area contributed by atoms with Crippen molar-refractivity contribution in [2.45, 2.75) is 59.0 Å². The Morgan fingerprint density at radius 2 is 1.92 bits per heavy atom. The third-order valence-corrected chi connectivity index (χ3v) is 5.48. The van der Waals surface area contributed by atoms with Crippen LogP contribution in [0.4, 0.5) is 0 Å². The number of aliphatic hydroxyl groups excluding tert-OH is 1. The molecule has 1 aromatic carbocycles. The number of Topliss-reactive ketones (excluding diaryl/α,β-unsaturated/α-hetero) is 1. The molecule has 0 fully saturated rings. The number of allylic oxidation sites excluding steroid dienone is 2. The van der Waals surface area contributed by atoms with E-state index in [9.17, 15) is 9.90 Å². The number of benzene rings is 1. The summed E-state index contributed by atoms with van der Waals surface area (Å²) in [5, 5.41) is 10.3. The number of hydrogen-bond donors (Lipinski definition) is 1. The second-order valence-electron chi connectivity index (χ2n) is 7.64. The minimum atomic E-state index is -0.986. The second kappa shape index (κ2) is 9.17. The summed E-state index contributed by atoms with van der Waals surface area (Å²) in [7, 11) is 0. The molecule has 0 bridgehead atoms. The van der Waals surface area contributed by atoms with E-state index in [0.29, 0.717) is 35.7 Å². The molecule has 0 radical (unpaired) electrons. The number of aliphatic hydroxyl groups is 1. The molecule has 2 nitrogen and oxygen atoms in total. The van der Waals surface area contributed by atoms with Crippen molar-refractivity contribution in [1.82, 2.24) is 0 Å². The molecule has 2 rings (SSSR count). The van der Waals surface area contributed by atoms with Gasteiger partial charge in [-0.3, -0.25) is 4.79 Å². The lowest BCUT2D eigenvalue weighted by molar-refractivity contribution is -0.128. The standard InChI is InChI=1S/C22H32O2/c1-4-19-12-8-9-18(14-16(2)13-17(19)3)15-21(23)22(24)20-10-6-5-7-11-20/h5-8,10-12,16-19,22,24H,4,9,13-15H2,1-3H3. The fraction of sp³-hybridized carbons (Fsp3) is 0.591. The monoisotopic (exact) mass is 328 g/mol. The van der Waals surface area contributed by atoms with E-state index in [0.717, 1.165) is 12.8 Å². The van der Waals surface area contributed by atoms with E-state index in [1.165, 1.54) is 12.8 Å². The molecule has 5 unspecified atom stereocenters. The summed E-state index contributed by atoms with van der Waals surface area (Å²) in [6.07, 6.45) is 8.52. The van der Waals surface area contributed by atoms with Gasteiger partial charge in [-0.15, -0.1) is 0 Å². The highest BCUT2D eigenvalue weighted by Crippen LogP contribution is 2.32. The average molecular weight is 328 g/mol. The molecule has 1 aromatic rings. The Balaban J connectivity index is 2.01. The summed E-state index contributed by atoms with van der Waals surface area (Å²) in [6, 6.07) is 9.27. The van der Waals surface area contributed by atoms with Gasteiger partial charge in [-0.1, -0.05) is 63.3 Å². The van der Waals surface area contributed by atoms with Crippen molar-refractivity contribution in [3.05, 3.63) is 48.0 Å². The van der Waals surface area contributed by atoms with Crippen LogP contribution in [-0.2, 0) is 4.79 Å². The summed E-state index contributed by atoms with van der Waals surface area (Å²) < 4.78 is 0. The lowest BCUT2D eigenvalue weighted by Crippen LogP contribution is -2.18. The van der Waals surface area contributed by atoms with Gasteiger partial charge in [0.15, 0.2) is 5.78 Å². The molecule has 0 spiro atoms. The van der Waals surface area contributed by atoms with Gasteiger partial charge in [0.2, 0.25) is 0 Å². The zero-order valence-electron chi connectivity index (χ0n) is 15.3. The van der Waals surface area contributed by atoms with Gasteiger partial charge < -0.3 is 5.11 Å². The minimum Gasteiger partial charge on any atom is -0.381 e. The summed E-state index contributed by atoms with van der Waals surface area (Å²) in [4.78, 5) is 12.5. The van der Waals surface area contributed by atoms with E-state index in [2.05, 4.69) is 32.9 Å². The Kier molecular flexibility index (Phi) is 7.23. The van der Waals surface area contributed by atoms with E-state index in [4.69, 9.17) is 0 Å². The average Bonchev–Trinajstić information content (AvgIpc) is 2.63. The summed E-state index contributed by atoms with van der Waals surface area (Å²) in [5.74, 6) is 2.26. The van der Waals surface area contributed by atoms with Crippen molar-refractivity contribution in [3.8, 4) is 0 Å². The quantitative estimate of drug-likeness (QED) is 0.741. The van der Waals surface area contributed by atoms with E-state index in [1.54, 1.807) is 0 Å². The molecule has 0 aliphatic heterocycles. The fourth-order valence-corrected chi connectivity index (χ4v) is 4.13. The molecule has 2 heteroatoms. The molecule has 1 N–H and O–H groups in total. The molecule has 5 atom stereocenters. The largest absolute Gasteiger partial charge is 0.381 e. The Hall–Kier alpha value is -1.41. The molecule has 1 aliphatic carbocycles. The van der Waals surface area contributed by atoms with E-state index >= 15 is 0 Å². The van der Waals surface area contributed by atoms with Crippen LogP contribution in [0.15, 0.2) is 42.5 Å². The highest BCUT2D eigenvalue weighted by Gasteiger charge is 2.25. The number of hydrogen-bond acceptors (Lipinski definition) is 2. The van der Waals surface area contributed by atoms with Crippen LogP contribution in [-0.4, -0.2) is 10.9 Å². The molecule has 0 saturated carbocycles. The third-order valence-electron chi connectivity index (χ3n) is 5.48. The van der Waals surface area contributed by atoms with E-state index < -0.39 is 6.10 Å². The predicted molar refractivity (Wildman–Crippen MR) is 99.6 cm³/mol. The molecular weight excluding hydrogens is 296 g/mol. The van der Waals surface area contributed by atoms with Crippen LogP contribution in [0, 0.1) is 23.7 Å². The van der Waals surface area contributed by atoms with Crippen molar-refractivity contribution < 1.29 is 9.90 Å². The van der Waals surface area contributed by atoms with Crippen molar-refractivity contribution in [3.63, 3.8) is 0 Å². The van der Waals surface area contributed by atoms with Crippen molar-refractivity contribution >= 4 is 5.78 Å². The first-order valence-corrected chi connectivity index (χ1v) is 9.43. The predicted octanol–water partition coefficient (Wildman–Crippen LogP) is 5.33. The van der Waals surface area contributed by atoms with Crippen LogP contribution < -0.4 is 0 Å². The number of carbonyl (C=O) groups is 1. The van der Waals surface area contributed by atoms with E-state index in [-0.39, 0.29) is 5.78 Å². The van der Waals surface area contributed by atoms with Gasteiger partial charge in [-0.2, -0.15) is 0 Å². The van der Waals surface area contributed by atoms with Gasteiger partial charge in [0.25, 0.3) is 0 Å². The molecule has 0 aromatic heterocycles. The van der Waals surface area contributed by atoms with Crippen LogP contribution in [0.25, 0.3) is 0 Å². The maximum atomic E-state index is 12.5. The highest BCUT2D eigenvalue weighted by atomic mass is 16.3. The molecule has 0 saturated heterocycles. The maximum absolute atomic E-state index is 12.5. The van der Waals surface area contributed by atoms with Gasteiger partial charge in [0, 0.05) is 6.42 Å². The Morgan fingerprint density at radius 3 is 2.58 bits per heavy atom. The first-order valence-electron chi connectivity index (χ1n) is 9.43. The number of rotatable bonds is 5.